The fourth-order valence-electron chi connectivity index (χ4n) is 2.48. The first-order chi connectivity index (χ1) is 12.6. The second-order valence-corrected chi connectivity index (χ2v) is 6.01. The average molecular weight is 411 g/mol. The van der Waals surface area contributed by atoms with Gasteiger partial charge in [0.15, 0.2) is 24.6 Å². The maximum atomic E-state index is 11.6. The Labute approximate surface area is 161 Å². The van der Waals surface area contributed by atoms with Gasteiger partial charge in [-0.15, -0.1) is 11.6 Å². The monoisotopic (exact) mass is 410 g/mol. The molecule has 0 saturated carbocycles. The summed E-state index contributed by atoms with van der Waals surface area (Å²) in [5.74, 6) is -2.58. The molecule has 1 saturated heterocycles. The van der Waals surface area contributed by atoms with Gasteiger partial charge in [0.05, 0.1) is 6.61 Å². The van der Waals surface area contributed by atoms with Gasteiger partial charge < -0.3 is 28.4 Å². The Morgan fingerprint density at radius 2 is 1.33 bits per heavy atom. The van der Waals surface area contributed by atoms with Crippen molar-refractivity contribution >= 4 is 35.5 Å². The van der Waals surface area contributed by atoms with Crippen molar-refractivity contribution in [3.8, 4) is 0 Å². The lowest BCUT2D eigenvalue weighted by atomic mass is 9.98. The topological polar surface area (TPSA) is 124 Å². The van der Waals surface area contributed by atoms with Gasteiger partial charge in [0.1, 0.15) is 12.7 Å². The minimum atomic E-state index is -1.25. The number of carbonyl (C=O) groups excluding carboxylic acids is 4. The molecule has 5 atom stereocenters. The highest BCUT2D eigenvalue weighted by Gasteiger charge is 2.52. The zero-order valence-electron chi connectivity index (χ0n) is 15.5. The summed E-state index contributed by atoms with van der Waals surface area (Å²) < 4.78 is 31.7. The van der Waals surface area contributed by atoms with Crippen molar-refractivity contribution in [1.82, 2.24) is 0 Å². The van der Waals surface area contributed by atoms with E-state index in [0.717, 1.165) is 20.8 Å². The van der Waals surface area contributed by atoms with Crippen molar-refractivity contribution < 1.29 is 47.6 Å². The molecule has 11 heteroatoms. The standard InChI is InChI=1S/C16H23ClO10/c1-8(18)23-7-12-13(24-9(2)19)14(25-10(3)20)15(26-11(4)21)16(27-12)22-6-5-17/h12-16H,5-7H2,1-4H3/t12-,13-,14+,15-,16-/m1/s1. The summed E-state index contributed by atoms with van der Waals surface area (Å²) in [4.78, 5) is 45.8. The quantitative estimate of drug-likeness (QED) is 0.314. The number of esters is 4. The van der Waals surface area contributed by atoms with Crippen molar-refractivity contribution in [1.29, 1.82) is 0 Å². The third-order valence-corrected chi connectivity index (χ3v) is 3.46. The molecule has 0 bridgehead atoms. The minimum absolute atomic E-state index is 0.0370. The molecular weight excluding hydrogens is 388 g/mol. The maximum absolute atomic E-state index is 11.6. The van der Waals surface area contributed by atoms with Crippen LogP contribution in [0.3, 0.4) is 0 Å². The molecule has 1 rings (SSSR count). The highest BCUT2D eigenvalue weighted by atomic mass is 35.5. The smallest absolute Gasteiger partial charge is 0.303 e. The predicted molar refractivity (Wildman–Crippen MR) is 88.6 cm³/mol. The zero-order chi connectivity index (χ0) is 20.6. The van der Waals surface area contributed by atoms with Crippen LogP contribution in [0.1, 0.15) is 27.7 Å². The molecule has 0 radical (unpaired) electrons. The van der Waals surface area contributed by atoms with E-state index in [0.29, 0.717) is 0 Å². The summed E-state index contributed by atoms with van der Waals surface area (Å²) in [5, 5.41) is 0. The van der Waals surface area contributed by atoms with Crippen LogP contribution in [0.5, 0.6) is 0 Å². The van der Waals surface area contributed by atoms with Crippen molar-refractivity contribution in [2.45, 2.75) is 58.4 Å². The molecule has 0 spiro atoms. The van der Waals surface area contributed by atoms with Crippen LogP contribution < -0.4 is 0 Å². The number of hydrogen-bond acceptors (Lipinski definition) is 10. The zero-order valence-corrected chi connectivity index (χ0v) is 16.2. The van der Waals surface area contributed by atoms with Crippen LogP contribution in [0.2, 0.25) is 0 Å². The van der Waals surface area contributed by atoms with Crippen LogP contribution in [0.4, 0.5) is 0 Å². The molecule has 0 amide bonds. The Morgan fingerprint density at radius 3 is 1.81 bits per heavy atom. The van der Waals surface area contributed by atoms with Crippen LogP contribution in [0, 0.1) is 0 Å². The van der Waals surface area contributed by atoms with Crippen LogP contribution in [0.15, 0.2) is 0 Å². The van der Waals surface area contributed by atoms with Gasteiger partial charge in [0.25, 0.3) is 0 Å². The highest BCUT2D eigenvalue weighted by Crippen LogP contribution is 2.29. The summed E-state index contributed by atoms with van der Waals surface area (Å²) in [6.07, 6.45) is -5.90. The molecule has 0 aliphatic carbocycles. The summed E-state index contributed by atoms with van der Waals surface area (Å²) in [6, 6.07) is 0. The molecule has 154 valence electrons. The number of hydrogen-bond donors (Lipinski definition) is 0. The molecule has 1 fully saturated rings. The molecule has 0 N–H and O–H groups in total. The lowest BCUT2D eigenvalue weighted by molar-refractivity contribution is -0.307. The summed E-state index contributed by atoms with van der Waals surface area (Å²) in [5.41, 5.74) is 0. The van der Waals surface area contributed by atoms with Gasteiger partial charge in [-0.1, -0.05) is 0 Å². The van der Waals surface area contributed by atoms with Crippen LogP contribution >= 0.6 is 11.6 Å². The number of rotatable bonds is 8. The predicted octanol–water partition coefficient (Wildman–Crippen LogP) is 0.325. The van der Waals surface area contributed by atoms with Gasteiger partial charge in [-0.3, -0.25) is 19.2 Å². The van der Waals surface area contributed by atoms with Crippen LogP contribution in [-0.2, 0) is 47.6 Å². The minimum Gasteiger partial charge on any atom is -0.463 e. The third-order valence-electron chi connectivity index (χ3n) is 3.31. The molecule has 27 heavy (non-hydrogen) atoms. The lowest BCUT2D eigenvalue weighted by Gasteiger charge is -2.44. The molecule has 0 aromatic heterocycles. The summed E-state index contributed by atoms with van der Waals surface area (Å²) >= 11 is 5.62. The molecule has 0 unspecified atom stereocenters. The number of ether oxygens (including phenoxy) is 6. The third kappa shape index (κ3) is 7.69. The molecule has 0 aromatic rings. The average Bonchev–Trinajstić information content (AvgIpc) is 2.54. The summed E-state index contributed by atoms with van der Waals surface area (Å²) in [6.45, 7) is 4.35. The van der Waals surface area contributed by atoms with Crippen LogP contribution in [0.25, 0.3) is 0 Å². The Morgan fingerprint density at radius 1 is 0.815 bits per heavy atom. The van der Waals surface area contributed by atoms with Crippen LogP contribution in [-0.4, -0.2) is 73.7 Å². The number of carbonyl (C=O) groups is 4. The second kappa shape index (κ2) is 11.1. The maximum Gasteiger partial charge on any atom is 0.303 e. The van der Waals surface area contributed by atoms with Gasteiger partial charge >= 0.3 is 23.9 Å². The Kier molecular flexibility index (Phi) is 9.47. The fourth-order valence-corrected chi connectivity index (χ4v) is 2.57. The van der Waals surface area contributed by atoms with E-state index in [4.69, 9.17) is 40.0 Å². The van der Waals surface area contributed by atoms with E-state index in [1.165, 1.54) is 6.92 Å². The van der Waals surface area contributed by atoms with Gasteiger partial charge in [0, 0.05) is 33.6 Å². The number of halogens is 1. The highest BCUT2D eigenvalue weighted by molar-refractivity contribution is 6.17. The first-order valence-corrected chi connectivity index (χ1v) is 8.67. The van der Waals surface area contributed by atoms with Gasteiger partial charge in [-0.25, -0.2) is 0 Å². The van der Waals surface area contributed by atoms with E-state index >= 15 is 0 Å². The Bertz CT molecular complexity index is 551. The SMILES string of the molecule is CC(=O)OC[C@H]1O[C@@H](OCCCl)[C@H](OC(C)=O)[C@@H](OC(C)=O)[C@@H]1OC(C)=O. The number of alkyl halides is 1. The van der Waals surface area contributed by atoms with E-state index in [2.05, 4.69) is 0 Å². The van der Waals surface area contributed by atoms with Crippen molar-refractivity contribution in [2.24, 2.45) is 0 Å². The molecular formula is C16H23ClO10. The van der Waals surface area contributed by atoms with E-state index < -0.39 is 54.6 Å². The van der Waals surface area contributed by atoms with Crippen molar-refractivity contribution in [3.63, 3.8) is 0 Å². The van der Waals surface area contributed by atoms with E-state index in [1.54, 1.807) is 0 Å². The van der Waals surface area contributed by atoms with Crippen molar-refractivity contribution in [2.75, 3.05) is 19.1 Å². The molecule has 1 aliphatic rings. The van der Waals surface area contributed by atoms with E-state index in [1.807, 2.05) is 0 Å². The van der Waals surface area contributed by atoms with Crippen molar-refractivity contribution in [3.05, 3.63) is 0 Å². The van der Waals surface area contributed by atoms with E-state index in [9.17, 15) is 19.2 Å². The fraction of sp³-hybridized carbons (Fsp3) is 0.750. The first-order valence-electron chi connectivity index (χ1n) is 8.13. The lowest BCUT2D eigenvalue weighted by Crippen LogP contribution is -2.63. The van der Waals surface area contributed by atoms with Gasteiger partial charge in [0.2, 0.25) is 0 Å². The first kappa shape index (κ1) is 23.1. The molecule has 1 aliphatic heterocycles. The molecule has 10 nitrogen and oxygen atoms in total. The normalized spacial score (nSPS) is 27.4. The van der Waals surface area contributed by atoms with E-state index in [-0.39, 0.29) is 19.1 Å². The largest absolute Gasteiger partial charge is 0.463 e. The Hall–Kier alpha value is -1.91. The molecule has 0 aromatic carbocycles. The molecule has 1 heterocycles. The second-order valence-electron chi connectivity index (χ2n) is 5.63. The summed E-state index contributed by atoms with van der Waals surface area (Å²) in [7, 11) is 0. The van der Waals surface area contributed by atoms with Gasteiger partial charge in [-0.2, -0.15) is 0 Å². The van der Waals surface area contributed by atoms with Gasteiger partial charge in [-0.05, 0) is 0 Å². The Balaban J connectivity index is 3.22.